The van der Waals surface area contributed by atoms with Gasteiger partial charge in [0, 0.05) is 21.7 Å². The Balaban J connectivity index is 0.000000230. The summed E-state index contributed by atoms with van der Waals surface area (Å²) in [6, 6.07) is 25.5. The average molecular weight is 1090 g/mol. The van der Waals surface area contributed by atoms with Crippen LogP contribution in [0.2, 0.25) is 0 Å². The Labute approximate surface area is 472 Å². The number of carbonyl (C=O) groups excluding carboxylic acids is 1. The molecule has 75 heavy (non-hydrogen) atoms. The summed E-state index contributed by atoms with van der Waals surface area (Å²) >= 11 is 9.79. The van der Waals surface area contributed by atoms with Crippen LogP contribution in [0.25, 0.3) is 41.2 Å². The van der Waals surface area contributed by atoms with E-state index in [0.29, 0.717) is 0 Å². The lowest BCUT2D eigenvalue weighted by Crippen LogP contribution is -1.91. The van der Waals surface area contributed by atoms with Crippen molar-refractivity contribution in [2.45, 2.75) is 251 Å². The van der Waals surface area contributed by atoms with Crippen molar-refractivity contribution in [3.63, 3.8) is 0 Å². The second-order valence-corrected chi connectivity index (χ2v) is 24.9. The fourth-order valence-electron chi connectivity index (χ4n) is 9.77. The van der Waals surface area contributed by atoms with E-state index in [-0.39, 0.29) is 0 Å². The quantitative estimate of drug-likeness (QED) is 0.0177. The number of aromatic nitrogens is 3. The fourth-order valence-corrected chi connectivity index (χ4v) is 13.1. The van der Waals surface area contributed by atoms with Crippen LogP contribution in [0.5, 0.6) is 0 Å². The van der Waals surface area contributed by atoms with Crippen molar-refractivity contribution >= 4 is 89.3 Å². The fraction of sp³-hybridized carbons (Fsp3) is 0.576. The minimum Gasteiger partial charge on any atom is -0.398 e. The van der Waals surface area contributed by atoms with Gasteiger partial charge in [-0.25, -0.2) is 15.0 Å². The van der Waals surface area contributed by atoms with Crippen LogP contribution in [0, 0.1) is 0 Å². The maximum absolute atomic E-state index is 10.7. The van der Waals surface area contributed by atoms with E-state index in [1.807, 2.05) is 46.9 Å². The smallest absolute Gasteiger partial charge is 0.150 e. The topological polar surface area (TPSA) is 81.8 Å². The molecular weight excluding hydrogens is 993 g/mol. The summed E-state index contributed by atoms with van der Waals surface area (Å²) in [5.41, 5.74) is 14.6. The van der Waals surface area contributed by atoms with Gasteiger partial charge in [-0.3, -0.25) is 4.79 Å². The molecule has 0 bridgehead atoms. The molecule has 0 atom stereocenters. The van der Waals surface area contributed by atoms with Gasteiger partial charge in [-0.1, -0.05) is 207 Å². The molecule has 0 radical (unpaired) electrons. The minimum atomic E-state index is 0.737. The highest BCUT2D eigenvalue weighted by Crippen LogP contribution is 2.35. The Morgan fingerprint density at radius 2 is 0.800 bits per heavy atom. The number of benzene rings is 4. The number of fused-ring (bicyclic) bond motifs is 3. The van der Waals surface area contributed by atoms with E-state index in [9.17, 15) is 4.79 Å². The van der Waals surface area contributed by atoms with Crippen molar-refractivity contribution in [3.8, 4) is 10.6 Å². The number of nitrogens with zero attached hydrogens (tertiary/aromatic N) is 3. The van der Waals surface area contributed by atoms with E-state index in [1.54, 1.807) is 11.3 Å². The third kappa shape index (κ3) is 24.3. The first kappa shape index (κ1) is 62.2. The average Bonchev–Trinajstić information content (AvgIpc) is 4.17. The number of aryl methyl sites for hydroxylation is 4. The van der Waals surface area contributed by atoms with Crippen molar-refractivity contribution < 1.29 is 4.79 Å². The number of carbonyl (C=O) groups is 1. The van der Waals surface area contributed by atoms with E-state index in [4.69, 9.17) is 15.7 Å². The molecule has 0 aliphatic carbocycles. The number of rotatable bonds is 36. The minimum absolute atomic E-state index is 0.737. The maximum atomic E-state index is 10.7. The van der Waals surface area contributed by atoms with E-state index in [1.165, 1.54) is 235 Å². The van der Waals surface area contributed by atoms with Crippen molar-refractivity contribution in [2.24, 2.45) is 0 Å². The second-order valence-electron chi connectivity index (χ2n) is 21.1. The molecule has 5 nitrogen and oxygen atoms in total. The summed E-state index contributed by atoms with van der Waals surface area (Å²) in [6.45, 7) is 9.07. The molecule has 0 saturated heterocycles. The van der Waals surface area contributed by atoms with Crippen molar-refractivity contribution in [1.29, 1.82) is 0 Å². The molecular formula is C66H96N4OS4. The molecule has 3 heterocycles. The van der Waals surface area contributed by atoms with Gasteiger partial charge in [0.25, 0.3) is 0 Å². The highest BCUT2D eigenvalue weighted by atomic mass is 32.1. The second kappa shape index (κ2) is 38.0. The van der Waals surface area contributed by atoms with Crippen LogP contribution in [0.4, 0.5) is 5.69 Å². The molecule has 0 amide bonds. The number of hydrogen-bond donors (Lipinski definition) is 2. The van der Waals surface area contributed by atoms with Crippen LogP contribution in [0.1, 0.15) is 252 Å². The van der Waals surface area contributed by atoms with Gasteiger partial charge in [0.1, 0.15) is 11.3 Å². The predicted molar refractivity (Wildman–Crippen MR) is 337 cm³/mol. The van der Waals surface area contributed by atoms with Crippen LogP contribution < -0.4 is 5.73 Å². The zero-order valence-electron chi connectivity index (χ0n) is 47.0. The van der Waals surface area contributed by atoms with Gasteiger partial charge < -0.3 is 5.73 Å². The highest BCUT2D eigenvalue weighted by molar-refractivity contribution is 7.80. The highest BCUT2D eigenvalue weighted by Gasteiger charge is 2.11. The lowest BCUT2D eigenvalue weighted by molar-refractivity contribution is 0.112. The molecule has 410 valence electrons. The Morgan fingerprint density at radius 1 is 0.413 bits per heavy atom. The molecule has 9 heteroatoms. The lowest BCUT2D eigenvalue weighted by Gasteiger charge is -2.05. The zero-order valence-corrected chi connectivity index (χ0v) is 50.4. The Bertz CT molecular complexity index is 2610. The first-order chi connectivity index (χ1) is 36.8. The first-order valence-electron chi connectivity index (χ1n) is 30.0. The molecule has 0 aliphatic rings. The molecule has 0 spiro atoms. The molecule has 0 saturated carbocycles. The normalized spacial score (nSPS) is 11.3. The SMILES string of the molecule is CCCCCCCCCCCCc1ccc(N)c(S)c1.CCCCCCCCCCCCc1ccc2nc(-c3ccc4nc(CCCCCCC)sc4c3)sc2c1.CCCCCCCc1nc2ccc(C=O)cc2s1. The third-order valence-corrected chi connectivity index (χ3v) is 18.1. The summed E-state index contributed by atoms with van der Waals surface area (Å²) in [4.78, 5) is 26.1. The number of nitrogen functional groups attached to an aromatic ring is 1. The molecule has 4 aromatic carbocycles. The van der Waals surface area contributed by atoms with Gasteiger partial charge in [0.15, 0.2) is 0 Å². The summed E-state index contributed by atoms with van der Waals surface area (Å²) < 4.78 is 3.74. The molecule has 3 aromatic heterocycles. The van der Waals surface area contributed by atoms with E-state index in [0.717, 1.165) is 68.0 Å². The summed E-state index contributed by atoms with van der Waals surface area (Å²) in [6.07, 6.45) is 46.3. The predicted octanol–water partition coefficient (Wildman–Crippen LogP) is 22.2. The number of thiol groups is 1. The van der Waals surface area contributed by atoms with Gasteiger partial charge in [0.05, 0.1) is 40.7 Å². The summed E-state index contributed by atoms with van der Waals surface area (Å²) in [5.74, 6) is 0. The van der Waals surface area contributed by atoms with Crippen molar-refractivity contribution in [1.82, 2.24) is 15.0 Å². The monoisotopic (exact) mass is 1090 g/mol. The van der Waals surface area contributed by atoms with Crippen LogP contribution in [0.3, 0.4) is 0 Å². The van der Waals surface area contributed by atoms with Crippen LogP contribution >= 0.6 is 46.6 Å². The number of hydrogen-bond acceptors (Lipinski definition) is 9. The molecule has 2 N–H and O–H groups in total. The molecule has 0 aliphatic heterocycles. The number of thiazole rings is 3. The zero-order chi connectivity index (χ0) is 53.1. The van der Waals surface area contributed by atoms with Gasteiger partial charge in [-0.05, 0) is 123 Å². The molecule has 7 rings (SSSR count). The van der Waals surface area contributed by atoms with Gasteiger partial charge >= 0.3 is 0 Å². The summed E-state index contributed by atoms with van der Waals surface area (Å²) in [5, 5.41) is 3.61. The first-order valence-corrected chi connectivity index (χ1v) is 32.9. The number of anilines is 1. The maximum Gasteiger partial charge on any atom is 0.150 e. The van der Waals surface area contributed by atoms with Gasteiger partial charge in [-0.15, -0.1) is 46.6 Å². The van der Waals surface area contributed by atoms with E-state index in [2.05, 4.69) is 93.8 Å². The number of unbranched alkanes of at least 4 members (excludes halogenated alkanes) is 26. The van der Waals surface area contributed by atoms with Crippen LogP contribution in [-0.4, -0.2) is 21.2 Å². The van der Waals surface area contributed by atoms with Gasteiger partial charge in [0.2, 0.25) is 0 Å². The number of nitrogens with two attached hydrogens (primary N) is 1. The Morgan fingerprint density at radius 3 is 1.28 bits per heavy atom. The van der Waals surface area contributed by atoms with E-state index < -0.39 is 0 Å². The third-order valence-electron chi connectivity index (χ3n) is 14.4. The van der Waals surface area contributed by atoms with Crippen LogP contribution in [-0.2, 0) is 25.7 Å². The van der Waals surface area contributed by atoms with Gasteiger partial charge in [-0.2, -0.15) is 0 Å². The standard InChI is InChI=1S/C33H46N2S2.C18H31NS.C15H19NOS/c1-3-5-7-9-10-11-12-13-15-16-18-26-20-22-29-30(24-26)37-33(35-29)27-21-23-28-31(25-27)36-32(34-28)19-17-14-8-6-4-2;1-2-3-4-5-6-7-8-9-10-11-12-16-13-14-17(19)18(20)15-16;1-2-3-4-5-6-7-15-16-13-9-8-12(11-17)10-14(13)18-15/h20-25H,3-19H2,1-2H3;13-15,20H,2-12,19H2,1H3;8-11H,2-7H2,1H3. The molecule has 7 aromatic rings. The van der Waals surface area contributed by atoms with Crippen molar-refractivity contribution in [2.75, 3.05) is 5.73 Å². The van der Waals surface area contributed by atoms with E-state index >= 15 is 0 Å². The van der Waals surface area contributed by atoms with Crippen molar-refractivity contribution in [3.05, 3.63) is 99.5 Å². The summed E-state index contributed by atoms with van der Waals surface area (Å²) in [7, 11) is 0. The Kier molecular flexibility index (Phi) is 31.5. The lowest BCUT2D eigenvalue weighted by atomic mass is 10.0. The molecule has 0 fully saturated rings. The largest absolute Gasteiger partial charge is 0.398 e. The number of aldehydes is 1. The van der Waals surface area contributed by atoms with Crippen LogP contribution in [0.15, 0.2) is 77.7 Å². The molecule has 0 unspecified atom stereocenters. The Hall–Kier alpha value is -3.63.